The Bertz CT molecular complexity index is 1190. The minimum Gasteiger partial charge on any atom is -0.339 e. The number of amides is 2. The van der Waals surface area contributed by atoms with Crippen LogP contribution < -0.4 is 10.2 Å². The van der Waals surface area contributed by atoms with Crippen molar-refractivity contribution in [3.8, 4) is 11.4 Å². The predicted octanol–water partition coefficient (Wildman–Crippen LogP) is 4.44. The highest BCUT2D eigenvalue weighted by Gasteiger charge is 2.35. The van der Waals surface area contributed by atoms with E-state index in [9.17, 15) is 14.0 Å². The smallest absolute Gasteiger partial charge is 0.230 e. The van der Waals surface area contributed by atoms with Crippen molar-refractivity contribution in [1.82, 2.24) is 10.1 Å². The van der Waals surface area contributed by atoms with Crippen molar-refractivity contribution in [3.05, 3.63) is 59.7 Å². The number of nitrogens with one attached hydrogen (secondary N) is 1. The molecule has 1 saturated heterocycles. The van der Waals surface area contributed by atoms with Crippen LogP contribution in [-0.2, 0) is 9.59 Å². The summed E-state index contributed by atoms with van der Waals surface area (Å²) in [6.07, 6.45) is 3.45. The van der Waals surface area contributed by atoms with Crippen molar-refractivity contribution in [2.45, 2.75) is 38.5 Å². The third kappa shape index (κ3) is 3.88. The van der Waals surface area contributed by atoms with Crippen LogP contribution in [0.2, 0.25) is 0 Å². The maximum Gasteiger partial charge on any atom is 0.230 e. The summed E-state index contributed by atoms with van der Waals surface area (Å²) in [6, 6.07) is 11.6. The molecule has 3 aromatic rings. The number of nitrogens with zero attached hydrogens (tertiary/aromatic N) is 3. The van der Waals surface area contributed by atoms with Crippen molar-refractivity contribution < 1.29 is 18.5 Å². The number of carbonyl (C=O) groups excluding carboxylic acids is 2. The first kappa shape index (κ1) is 20.4. The fourth-order valence-corrected chi connectivity index (χ4v) is 4.12. The lowest BCUT2D eigenvalue weighted by Gasteiger charge is -2.20. The molecule has 1 N–H and O–H groups in total. The molecule has 1 aliphatic heterocycles. The first-order valence-corrected chi connectivity index (χ1v) is 10.8. The molecule has 8 heteroatoms. The Balaban J connectivity index is 1.30. The topological polar surface area (TPSA) is 88.3 Å². The van der Waals surface area contributed by atoms with Crippen LogP contribution >= 0.6 is 0 Å². The molecule has 164 valence electrons. The SMILES string of the molecule is Cc1cc(F)ccc1NC(=O)[C@H]1CC(=O)N(c2cccc(-c3noc(C4CCC4)n3)c2)C1. The van der Waals surface area contributed by atoms with E-state index < -0.39 is 5.92 Å². The first-order chi connectivity index (χ1) is 15.5. The number of aromatic nitrogens is 2. The van der Waals surface area contributed by atoms with Gasteiger partial charge in [-0.15, -0.1) is 0 Å². The standard InChI is InChI=1S/C24H23FN4O3/c1-14-10-18(25)8-9-20(14)26-23(31)17-12-21(30)29(13-17)19-7-3-6-16(11-19)22-27-24(32-28-22)15-4-2-5-15/h3,6-11,15,17H,2,4-5,12-13H2,1H3,(H,26,31)/t17-/m0/s1. The van der Waals surface area contributed by atoms with E-state index in [0.29, 0.717) is 34.6 Å². The Hall–Kier alpha value is -3.55. The Labute approximate surface area is 184 Å². The molecule has 0 unspecified atom stereocenters. The third-order valence-electron chi connectivity index (χ3n) is 6.25. The Kier molecular flexibility index (Phi) is 5.20. The molecule has 2 heterocycles. The molecule has 7 nitrogen and oxygen atoms in total. The van der Waals surface area contributed by atoms with Crippen molar-refractivity contribution in [2.75, 3.05) is 16.8 Å². The van der Waals surface area contributed by atoms with Gasteiger partial charge in [-0.25, -0.2) is 4.39 Å². The van der Waals surface area contributed by atoms with Crippen LogP contribution in [-0.4, -0.2) is 28.5 Å². The highest BCUT2D eigenvalue weighted by molar-refractivity contribution is 6.03. The predicted molar refractivity (Wildman–Crippen MR) is 117 cm³/mol. The fraction of sp³-hybridized carbons (Fsp3) is 0.333. The zero-order valence-corrected chi connectivity index (χ0v) is 17.7. The number of aryl methyl sites for hydroxylation is 1. The maximum absolute atomic E-state index is 13.3. The molecule has 5 rings (SSSR count). The number of rotatable bonds is 5. The van der Waals surface area contributed by atoms with Gasteiger partial charge in [0, 0.05) is 35.8 Å². The minimum absolute atomic E-state index is 0.115. The number of benzene rings is 2. The summed E-state index contributed by atoms with van der Waals surface area (Å²) in [5, 5.41) is 6.92. The van der Waals surface area contributed by atoms with E-state index in [1.807, 2.05) is 24.3 Å². The summed E-state index contributed by atoms with van der Waals surface area (Å²) in [4.78, 5) is 31.6. The highest BCUT2D eigenvalue weighted by atomic mass is 19.1. The van der Waals surface area contributed by atoms with Crippen LogP contribution in [0.1, 0.15) is 43.1 Å². The molecular formula is C24H23FN4O3. The maximum atomic E-state index is 13.3. The van der Waals surface area contributed by atoms with Gasteiger partial charge in [0.1, 0.15) is 5.82 Å². The van der Waals surface area contributed by atoms with Crippen LogP contribution in [0.15, 0.2) is 47.0 Å². The highest BCUT2D eigenvalue weighted by Crippen LogP contribution is 2.36. The molecule has 32 heavy (non-hydrogen) atoms. The number of hydrogen-bond donors (Lipinski definition) is 1. The fourth-order valence-electron chi connectivity index (χ4n) is 4.12. The first-order valence-electron chi connectivity index (χ1n) is 10.8. The van der Waals surface area contributed by atoms with Crippen molar-refractivity contribution >= 4 is 23.2 Å². The van der Waals surface area contributed by atoms with Gasteiger partial charge in [0.05, 0.1) is 5.92 Å². The molecule has 1 atom stereocenters. The molecular weight excluding hydrogens is 411 g/mol. The van der Waals surface area contributed by atoms with Gasteiger partial charge in [0.2, 0.25) is 23.5 Å². The average Bonchev–Trinajstić information content (AvgIpc) is 3.36. The summed E-state index contributed by atoms with van der Waals surface area (Å²) in [5.74, 6) is 0.290. The molecule has 2 aliphatic rings. The molecule has 1 aliphatic carbocycles. The number of halogens is 1. The van der Waals surface area contributed by atoms with Crippen LogP contribution in [0.4, 0.5) is 15.8 Å². The quantitative estimate of drug-likeness (QED) is 0.641. The lowest BCUT2D eigenvalue weighted by atomic mass is 9.85. The Morgan fingerprint density at radius 3 is 2.81 bits per heavy atom. The third-order valence-corrected chi connectivity index (χ3v) is 6.25. The van der Waals surface area contributed by atoms with Crippen molar-refractivity contribution in [2.24, 2.45) is 5.92 Å². The summed E-state index contributed by atoms with van der Waals surface area (Å²) in [7, 11) is 0. The van der Waals surface area contributed by atoms with E-state index in [-0.39, 0.29) is 30.6 Å². The Morgan fingerprint density at radius 2 is 2.06 bits per heavy atom. The van der Waals surface area contributed by atoms with E-state index >= 15 is 0 Å². The Morgan fingerprint density at radius 1 is 1.22 bits per heavy atom. The second-order valence-electron chi connectivity index (χ2n) is 8.49. The average molecular weight is 434 g/mol. The van der Waals surface area contributed by atoms with Crippen molar-refractivity contribution in [1.29, 1.82) is 0 Å². The number of hydrogen-bond acceptors (Lipinski definition) is 5. The molecule has 2 amide bonds. The lowest BCUT2D eigenvalue weighted by Crippen LogP contribution is -2.28. The van der Waals surface area contributed by atoms with E-state index in [1.165, 1.54) is 24.6 Å². The summed E-state index contributed by atoms with van der Waals surface area (Å²) < 4.78 is 18.7. The molecule has 2 fully saturated rings. The van der Waals surface area contributed by atoms with Gasteiger partial charge >= 0.3 is 0 Å². The monoisotopic (exact) mass is 434 g/mol. The second-order valence-corrected chi connectivity index (χ2v) is 8.49. The zero-order chi connectivity index (χ0) is 22.2. The molecule has 1 aromatic heterocycles. The van der Waals surface area contributed by atoms with Gasteiger partial charge in [-0.05, 0) is 55.7 Å². The second kappa shape index (κ2) is 8.18. The van der Waals surface area contributed by atoms with Crippen LogP contribution in [0, 0.1) is 18.7 Å². The van der Waals surface area contributed by atoms with E-state index in [0.717, 1.165) is 18.4 Å². The summed E-state index contributed by atoms with van der Waals surface area (Å²) >= 11 is 0. The van der Waals surface area contributed by atoms with Gasteiger partial charge in [0.25, 0.3) is 0 Å². The zero-order valence-electron chi connectivity index (χ0n) is 17.7. The van der Waals surface area contributed by atoms with Gasteiger partial charge in [-0.3, -0.25) is 9.59 Å². The minimum atomic E-state index is -0.494. The number of carbonyl (C=O) groups is 2. The van der Waals surface area contributed by atoms with E-state index in [1.54, 1.807) is 11.8 Å². The van der Waals surface area contributed by atoms with Crippen LogP contribution in [0.5, 0.6) is 0 Å². The molecule has 1 saturated carbocycles. The van der Waals surface area contributed by atoms with Crippen LogP contribution in [0.3, 0.4) is 0 Å². The summed E-state index contributed by atoms with van der Waals surface area (Å²) in [5.41, 5.74) is 2.63. The molecule has 0 spiro atoms. The van der Waals surface area contributed by atoms with Gasteiger partial charge in [-0.2, -0.15) is 4.98 Å². The van der Waals surface area contributed by atoms with Gasteiger partial charge in [-0.1, -0.05) is 23.7 Å². The van der Waals surface area contributed by atoms with E-state index in [4.69, 9.17) is 4.52 Å². The normalized spacial score (nSPS) is 18.6. The van der Waals surface area contributed by atoms with Crippen molar-refractivity contribution in [3.63, 3.8) is 0 Å². The molecule has 0 radical (unpaired) electrons. The van der Waals surface area contributed by atoms with Crippen LogP contribution in [0.25, 0.3) is 11.4 Å². The summed E-state index contributed by atoms with van der Waals surface area (Å²) in [6.45, 7) is 2.00. The van der Waals surface area contributed by atoms with Gasteiger partial charge in [0.15, 0.2) is 0 Å². The molecule has 2 aromatic carbocycles. The number of anilines is 2. The largest absolute Gasteiger partial charge is 0.339 e. The van der Waals surface area contributed by atoms with Gasteiger partial charge < -0.3 is 14.7 Å². The van der Waals surface area contributed by atoms with E-state index in [2.05, 4.69) is 15.5 Å². The molecule has 0 bridgehead atoms. The lowest BCUT2D eigenvalue weighted by molar-refractivity contribution is -0.122.